The van der Waals surface area contributed by atoms with Gasteiger partial charge in [0.05, 0.1) is 10.7 Å². The van der Waals surface area contributed by atoms with Crippen molar-refractivity contribution in [2.45, 2.75) is 52.2 Å². The number of halogens is 3. The minimum Gasteiger partial charge on any atom is -0.444 e. The number of aromatic amines is 1. The Bertz CT molecular complexity index is 1310. The van der Waals surface area contributed by atoms with Gasteiger partial charge in [0, 0.05) is 45.9 Å². The van der Waals surface area contributed by atoms with E-state index >= 15 is 0 Å². The minimum atomic E-state index is -0.541. The lowest BCUT2D eigenvalue weighted by Crippen LogP contribution is -2.47. The highest BCUT2D eigenvalue weighted by Crippen LogP contribution is 2.38. The number of rotatable bonds is 4. The molecule has 0 saturated carbocycles. The number of hydrogen-bond acceptors (Lipinski definition) is 4. The summed E-state index contributed by atoms with van der Waals surface area (Å²) in [6.45, 7) is 8.38. The number of benzene rings is 2. The van der Waals surface area contributed by atoms with Gasteiger partial charge < -0.3 is 15.0 Å². The molecule has 3 aromatic rings. The average molecular weight is 564 g/mol. The lowest BCUT2D eigenvalue weighted by atomic mass is 9.99. The van der Waals surface area contributed by atoms with E-state index in [9.17, 15) is 9.59 Å². The molecule has 2 aromatic carbocycles. The summed E-state index contributed by atoms with van der Waals surface area (Å²) in [5, 5.41) is 11.9. The summed E-state index contributed by atoms with van der Waals surface area (Å²) in [5.41, 5.74) is 3.40. The fraction of sp³-hybridized carbons (Fsp3) is 0.370. The van der Waals surface area contributed by atoms with Gasteiger partial charge in [-0.2, -0.15) is 5.10 Å². The van der Waals surface area contributed by atoms with Gasteiger partial charge >= 0.3 is 6.09 Å². The standard InChI is InChI=1S/C27H29Cl3N4O3/c1-15-23(20-13-19(21(29)14-22(20)30)16-5-7-17(28)8-6-16)32-33-24(15)25(35)31-18-9-11-34(12-10-18)26(36)37-27(2,3)4/h5-8,13-14,18H,9-12H2,1-4H3,(H,31,35)(H,32,33). The monoisotopic (exact) mass is 562 g/mol. The number of ether oxygens (including phenoxy) is 1. The van der Waals surface area contributed by atoms with Crippen LogP contribution in [0, 0.1) is 6.92 Å². The van der Waals surface area contributed by atoms with Crippen molar-refractivity contribution in [1.82, 2.24) is 20.4 Å². The van der Waals surface area contributed by atoms with Crippen molar-refractivity contribution in [3.05, 3.63) is 62.7 Å². The predicted molar refractivity (Wildman–Crippen MR) is 148 cm³/mol. The quantitative estimate of drug-likeness (QED) is 0.353. The Balaban J connectivity index is 1.47. The molecule has 0 atom stereocenters. The van der Waals surface area contributed by atoms with Crippen LogP contribution in [0.2, 0.25) is 15.1 Å². The maximum absolute atomic E-state index is 13.1. The molecule has 0 unspecified atom stereocenters. The zero-order valence-electron chi connectivity index (χ0n) is 21.1. The van der Waals surface area contributed by atoms with Crippen LogP contribution in [0.4, 0.5) is 4.79 Å². The first-order valence-electron chi connectivity index (χ1n) is 12.0. The molecule has 0 spiro atoms. The van der Waals surface area contributed by atoms with Gasteiger partial charge in [-0.1, -0.05) is 46.9 Å². The third kappa shape index (κ3) is 6.40. The molecule has 1 aliphatic rings. The summed E-state index contributed by atoms with van der Waals surface area (Å²) in [5.74, 6) is -0.255. The molecule has 0 bridgehead atoms. The average Bonchev–Trinajstić information content (AvgIpc) is 3.20. The maximum atomic E-state index is 13.1. The van der Waals surface area contributed by atoms with Crippen LogP contribution in [-0.4, -0.2) is 51.8 Å². The summed E-state index contributed by atoms with van der Waals surface area (Å²) >= 11 is 19.1. The van der Waals surface area contributed by atoms with Crippen LogP contribution in [-0.2, 0) is 4.74 Å². The summed E-state index contributed by atoms with van der Waals surface area (Å²) in [7, 11) is 0. The Morgan fingerprint density at radius 3 is 2.27 bits per heavy atom. The van der Waals surface area contributed by atoms with Gasteiger partial charge in [-0.25, -0.2) is 4.79 Å². The number of H-pyrrole nitrogens is 1. The second-order valence-corrected chi connectivity index (χ2v) is 11.4. The van der Waals surface area contributed by atoms with Gasteiger partial charge in [0.25, 0.3) is 5.91 Å². The lowest BCUT2D eigenvalue weighted by molar-refractivity contribution is 0.0199. The van der Waals surface area contributed by atoms with E-state index in [1.807, 2.05) is 45.9 Å². The van der Waals surface area contributed by atoms with E-state index in [0.717, 1.165) is 11.1 Å². The second kappa shape index (κ2) is 10.9. The minimum absolute atomic E-state index is 0.0621. The molecule has 2 N–H and O–H groups in total. The Morgan fingerprint density at radius 2 is 1.65 bits per heavy atom. The topological polar surface area (TPSA) is 87.3 Å². The highest BCUT2D eigenvalue weighted by molar-refractivity contribution is 6.38. The molecule has 2 heterocycles. The van der Waals surface area contributed by atoms with Crippen molar-refractivity contribution in [3.63, 3.8) is 0 Å². The van der Waals surface area contributed by atoms with Crippen molar-refractivity contribution in [2.75, 3.05) is 13.1 Å². The normalized spacial score (nSPS) is 14.5. The number of carbonyl (C=O) groups is 2. The fourth-order valence-corrected chi connectivity index (χ4v) is 4.96. The third-order valence-electron chi connectivity index (χ3n) is 6.19. The molecule has 7 nitrogen and oxygen atoms in total. The molecule has 1 saturated heterocycles. The van der Waals surface area contributed by atoms with Crippen molar-refractivity contribution < 1.29 is 14.3 Å². The highest BCUT2D eigenvalue weighted by Gasteiger charge is 2.28. The summed E-state index contributed by atoms with van der Waals surface area (Å²) in [6.07, 6.45) is 0.945. The summed E-state index contributed by atoms with van der Waals surface area (Å²) in [4.78, 5) is 27.1. The zero-order valence-corrected chi connectivity index (χ0v) is 23.4. The first-order chi connectivity index (χ1) is 17.4. The van der Waals surface area contributed by atoms with Gasteiger partial charge in [0.1, 0.15) is 11.3 Å². The van der Waals surface area contributed by atoms with E-state index in [2.05, 4.69) is 15.5 Å². The van der Waals surface area contributed by atoms with Crippen LogP contribution < -0.4 is 5.32 Å². The van der Waals surface area contributed by atoms with Gasteiger partial charge in [-0.15, -0.1) is 0 Å². The maximum Gasteiger partial charge on any atom is 0.410 e. The zero-order chi connectivity index (χ0) is 26.9. The van der Waals surface area contributed by atoms with Crippen LogP contribution in [0.3, 0.4) is 0 Å². The predicted octanol–water partition coefficient (Wildman–Crippen LogP) is 7.14. The first-order valence-corrected chi connectivity index (χ1v) is 13.2. The third-order valence-corrected chi connectivity index (χ3v) is 7.06. The van der Waals surface area contributed by atoms with Crippen LogP contribution >= 0.6 is 34.8 Å². The molecule has 196 valence electrons. The number of hydrogen-bond donors (Lipinski definition) is 2. The number of aromatic nitrogens is 2. The number of amides is 2. The van der Waals surface area contributed by atoms with Gasteiger partial charge in [0.2, 0.25) is 0 Å². The van der Waals surface area contributed by atoms with Crippen molar-refractivity contribution in [3.8, 4) is 22.4 Å². The van der Waals surface area contributed by atoms with Crippen molar-refractivity contribution in [2.24, 2.45) is 0 Å². The molecule has 1 aliphatic heterocycles. The molecular weight excluding hydrogens is 535 g/mol. The Labute approximate surface area is 231 Å². The molecule has 37 heavy (non-hydrogen) atoms. The SMILES string of the molecule is Cc1c(-c2cc(-c3ccc(Cl)cc3)c(Cl)cc2Cl)n[nH]c1C(=O)NC1CCN(C(=O)OC(C)(C)C)CC1. The molecule has 0 aliphatic carbocycles. The summed E-state index contributed by atoms with van der Waals surface area (Å²) < 4.78 is 5.44. The van der Waals surface area contributed by atoms with E-state index in [1.54, 1.807) is 23.1 Å². The number of piperidine rings is 1. The number of nitrogens with zero attached hydrogens (tertiary/aromatic N) is 2. The fourth-order valence-electron chi connectivity index (χ4n) is 4.25. The van der Waals surface area contributed by atoms with E-state index in [-0.39, 0.29) is 18.0 Å². The highest BCUT2D eigenvalue weighted by atomic mass is 35.5. The Kier molecular flexibility index (Phi) is 8.07. The Hall–Kier alpha value is -2.74. The van der Waals surface area contributed by atoms with Gasteiger partial charge in [0.15, 0.2) is 0 Å². The smallest absolute Gasteiger partial charge is 0.410 e. The van der Waals surface area contributed by atoms with Gasteiger partial charge in [-0.05, 0) is 70.4 Å². The van der Waals surface area contributed by atoms with Gasteiger partial charge in [-0.3, -0.25) is 9.89 Å². The van der Waals surface area contributed by atoms with E-state index in [4.69, 9.17) is 39.5 Å². The van der Waals surface area contributed by atoms with Crippen LogP contribution in [0.15, 0.2) is 36.4 Å². The molecule has 4 rings (SSSR count). The van der Waals surface area contributed by atoms with E-state index in [1.165, 1.54) is 0 Å². The van der Waals surface area contributed by atoms with Crippen LogP contribution in [0.25, 0.3) is 22.4 Å². The molecule has 0 radical (unpaired) electrons. The van der Waals surface area contributed by atoms with Crippen molar-refractivity contribution in [1.29, 1.82) is 0 Å². The largest absolute Gasteiger partial charge is 0.444 e. The second-order valence-electron chi connectivity index (χ2n) is 10.1. The van der Waals surface area contributed by atoms with E-state index in [0.29, 0.717) is 63.5 Å². The molecular formula is C27H29Cl3N4O3. The molecule has 1 aromatic heterocycles. The number of carbonyl (C=O) groups excluding carboxylic acids is 2. The number of nitrogens with one attached hydrogen (secondary N) is 2. The van der Waals surface area contributed by atoms with Crippen molar-refractivity contribution >= 4 is 46.8 Å². The molecule has 1 fully saturated rings. The lowest BCUT2D eigenvalue weighted by Gasteiger charge is -2.33. The first kappa shape index (κ1) is 27.3. The number of likely N-dealkylation sites (tertiary alicyclic amines) is 1. The summed E-state index contributed by atoms with van der Waals surface area (Å²) in [6, 6.07) is 10.8. The van der Waals surface area contributed by atoms with Crippen LogP contribution in [0.5, 0.6) is 0 Å². The van der Waals surface area contributed by atoms with Crippen LogP contribution in [0.1, 0.15) is 49.7 Å². The molecule has 10 heteroatoms. The molecule has 2 amide bonds. The van der Waals surface area contributed by atoms with E-state index < -0.39 is 5.60 Å². The Morgan fingerprint density at radius 1 is 1.03 bits per heavy atom.